The first-order valence-corrected chi connectivity index (χ1v) is 8.66. The molecule has 1 N–H and O–H groups in total. The second kappa shape index (κ2) is 8.46. The van der Waals surface area contributed by atoms with Gasteiger partial charge in [-0.15, -0.1) is 0 Å². The molecule has 0 aliphatic rings. The van der Waals surface area contributed by atoms with Crippen LogP contribution in [0.5, 0.6) is 5.75 Å². The predicted octanol–water partition coefficient (Wildman–Crippen LogP) is 2.91. The van der Waals surface area contributed by atoms with E-state index in [0.29, 0.717) is 5.75 Å². The van der Waals surface area contributed by atoms with Crippen LogP contribution in [0.1, 0.15) is 18.5 Å². The van der Waals surface area contributed by atoms with Crippen LogP contribution in [0.25, 0.3) is 5.69 Å². The van der Waals surface area contributed by atoms with E-state index in [1.807, 2.05) is 54.4 Å². The van der Waals surface area contributed by atoms with Crippen LogP contribution in [-0.4, -0.2) is 46.3 Å². The van der Waals surface area contributed by atoms with E-state index in [2.05, 4.69) is 22.3 Å². The highest BCUT2D eigenvalue weighted by molar-refractivity contribution is 5.92. The summed E-state index contributed by atoms with van der Waals surface area (Å²) in [6.07, 6.45) is 3.17. The van der Waals surface area contributed by atoms with Gasteiger partial charge in [0, 0.05) is 17.8 Å². The highest BCUT2D eigenvalue weighted by atomic mass is 16.5. The molecule has 2 aromatic carbocycles. The largest absolute Gasteiger partial charge is 0.497 e. The number of ether oxygens (including phenoxy) is 1. The molecule has 0 fully saturated rings. The van der Waals surface area contributed by atoms with Crippen molar-refractivity contribution < 1.29 is 9.53 Å². The number of methoxy groups -OCH3 is 1. The molecule has 0 aliphatic heterocycles. The second-order valence-electron chi connectivity index (χ2n) is 6.30. The van der Waals surface area contributed by atoms with Gasteiger partial charge < -0.3 is 10.1 Å². The van der Waals surface area contributed by atoms with Crippen molar-refractivity contribution in [3.05, 3.63) is 66.7 Å². The molecule has 3 aromatic rings. The number of hydrogen-bond acceptors (Lipinski definition) is 5. The lowest BCUT2D eigenvalue weighted by atomic mass is 10.1. The topological polar surface area (TPSA) is 72.3 Å². The van der Waals surface area contributed by atoms with Crippen LogP contribution in [0.15, 0.2) is 61.2 Å². The Morgan fingerprint density at radius 1 is 1.26 bits per heavy atom. The zero-order valence-electron chi connectivity index (χ0n) is 15.7. The number of anilines is 1. The van der Waals surface area contributed by atoms with Crippen molar-refractivity contribution in [2.75, 3.05) is 26.0 Å². The van der Waals surface area contributed by atoms with Crippen LogP contribution in [0.2, 0.25) is 0 Å². The monoisotopic (exact) mass is 365 g/mol. The maximum atomic E-state index is 12.4. The highest BCUT2D eigenvalue weighted by Gasteiger charge is 2.15. The molecule has 7 heteroatoms. The van der Waals surface area contributed by atoms with Crippen molar-refractivity contribution >= 4 is 11.6 Å². The Bertz CT molecular complexity index is 878. The van der Waals surface area contributed by atoms with Crippen molar-refractivity contribution in [3.8, 4) is 11.4 Å². The fraction of sp³-hybridized carbons (Fsp3) is 0.250. The minimum Gasteiger partial charge on any atom is -0.497 e. The van der Waals surface area contributed by atoms with E-state index in [4.69, 9.17) is 4.74 Å². The molecule has 1 heterocycles. The van der Waals surface area contributed by atoms with Crippen molar-refractivity contribution in [2.45, 2.75) is 13.0 Å². The SMILES string of the molecule is COc1cccc(NC(=O)CN(C)C(C)c2ccc(-n3cncn3)cc2)c1. The number of benzene rings is 2. The summed E-state index contributed by atoms with van der Waals surface area (Å²) in [5, 5.41) is 7.02. The molecule has 0 spiro atoms. The number of nitrogens with zero attached hydrogens (tertiary/aromatic N) is 4. The average molecular weight is 365 g/mol. The van der Waals surface area contributed by atoms with Gasteiger partial charge in [0.1, 0.15) is 18.4 Å². The Morgan fingerprint density at radius 2 is 2.04 bits per heavy atom. The number of amides is 1. The van der Waals surface area contributed by atoms with Crippen LogP contribution in [-0.2, 0) is 4.79 Å². The molecular formula is C20H23N5O2. The summed E-state index contributed by atoms with van der Waals surface area (Å²) in [4.78, 5) is 18.3. The Hall–Kier alpha value is -3.19. The molecule has 0 aliphatic carbocycles. The molecule has 3 rings (SSSR count). The fourth-order valence-corrected chi connectivity index (χ4v) is 2.77. The zero-order chi connectivity index (χ0) is 19.2. The lowest BCUT2D eigenvalue weighted by molar-refractivity contribution is -0.117. The van der Waals surface area contributed by atoms with Crippen LogP contribution in [0, 0.1) is 0 Å². The van der Waals surface area contributed by atoms with Crippen LogP contribution in [0.4, 0.5) is 5.69 Å². The smallest absolute Gasteiger partial charge is 0.238 e. The van der Waals surface area contributed by atoms with Gasteiger partial charge in [0.2, 0.25) is 5.91 Å². The molecule has 0 bridgehead atoms. The summed E-state index contributed by atoms with van der Waals surface area (Å²) < 4.78 is 6.89. The van der Waals surface area contributed by atoms with Crippen LogP contribution >= 0.6 is 0 Å². The van der Waals surface area contributed by atoms with Gasteiger partial charge in [-0.05, 0) is 43.8 Å². The fourth-order valence-electron chi connectivity index (χ4n) is 2.77. The molecule has 1 amide bonds. The maximum absolute atomic E-state index is 12.4. The molecule has 1 unspecified atom stereocenters. The van der Waals surface area contributed by atoms with Gasteiger partial charge in [-0.3, -0.25) is 9.69 Å². The number of hydrogen-bond donors (Lipinski definition) is 1. The van der Waals surface area contributed by atoms with E-state index < -0.39 is 0 Å². The third kappa shape index (κ3) is 4.71. The first-order valence-electron chi connectivity index (χ1n) is 8.66. The molecule has 140 valence electrons. The zero-order valence-corrected chi connectivity index (χ0v) is 15.7. The van der Waals surface area contributed by atoms with E-state index >= 15 is 0 Å². The van der Waals surface area contributed by atoms with Gasteiger partial charge in [-0.25, -0.2) is 9.67 Å². The Labute approximate surface area is 158 Å². The van der Waals surface area contributed by atoms with Gasteiger partial charge in [-0.1, -0.05) is 18.2 Å². The predicted molar refractivity (Wildman–Crippen MR) is 104 cm³/mol. The Kier molecular flexibility index (Phi) is 5.83. The lowest BCUT2D eigenvalue weighted by Gasteiger charge is -2.24. The highest BCUT2D eigenvalue weighted by Crippen LogP contribution is 2.21. The number of rotatable bonds is 7. The van der Waals surface area contributed by atoms with E-state index in [1.54, 1.807) is 24.2 Å². The number of likely N-dealkylation sites (N-methyl/N-ethyl adjacent to an activating group) is 1. The number of aromatic nitrogens is 3. The summed E-state index contributed by atoms with van der Waals surface area (Å²) in [7, 11) is 3.53. The number of carbonyl (C=O) groups is 1. The lowest BCUT2D eigenvalue weighted by Crippen LogP contribution is -2.32. The van der Waals surface area contributed by atoms with E-state index in [-0.39, 0.29) is 18.5 Å². The summed E-state index contributed by atoms with van der Waals surface area (Å²) in [5.41, 5.74) is 2.79. The Morgan fingerprint density at radius 3 is 2.70 bits per heavy atom. The molecule has 7 nitrogen and oxygen atoms in total. The molecule has 0 saturated carbocycles. The van der Waals surface area contributed by atoms with Crippen molar-refractivity contribution in [1.29, 1.82) is 0 Å². The third-order valence-corrected chi connectivity index (χ3v) is 4.47. The quantitative estimate of drug-likeness (QED) is 0.697. The summed E-state index contributed by atoms with van der Waals surface area (Å²) in [6, 6.07) is 15.5. The van der Waals surface area contributed by atoms with Gasteiger partial charge in [0.05, 0.1) is 19.3 Å². The first kappa shape index (κ1) is 18.6. The molecule has 1 atom stereocenters. The molecule has 0 radical (unpaired) electrons. The van der Waals surface area contributed by atoms with Gasteiger partial charge >= 0.3 is 0 Å². The van der Waals surface area contributed by atoms with Crippen LogP contribution < -0.4 is 10.1 Å². The van der Waals surface area contributed by atoms with Gasteiger partial charge in [0.15, 0.2) is 0 Å². The second-order valence-corrected chi connectivity index (χ2v) is 6.30. The van der Waals surface area contributed by atoms with Crippen LogP contribution in [0.3, 0.4) is 0 Å². The summed E-state index contributed by atoms with van der Waals surface area (Å²) >= 11 is 0. The van der Waals surface area contributed by atoms with Crippen molar-refractivity contribution in [3.63, 3.8) is 0 Å². The van der Waals surface area contributed by atoms with Crippen molar-refractivity contribution in [1.82, 2.24) is 19.7 Å². The Balaban J connectivity index is 1.59. The minimum atomic E-state index is -0.0724. The van der Waals surface area contributed by atoms with E-state index in [1.165, 1.54) is 6.33 Å². The van der Waals surface area contributed by atoms with E-state index in [0.717, 1.165) is 16.9 Å². The molecule has 0 saturated heterocycles. The number of nitrogens with one attached hydrogen (secondary N) is 1. The minimum absolute atomic E-state index is 0.0724. The molecule has 1 aromatic heterocycles. The van der Waals surface area contributed by atoms with Crippen molar-refractivity contribution in [2.24, 2.45) is 0 Å². The molecular weight excluding hydrogens is 342 g/mol. The van der Waals surface area contributed by atoms with E-state index in [9.17, 15) is 4.79 Å². The summed E-state index contributed by atoms with van der Waals surface area (Å²) in [5.74, 6) is 0.638. The number of carbonyl (C=O) groups excluding carboxylic acids is 1. The third-order valence-electron chi connectivity index (χ3n) is 4.47. The first-order chi connectivity index (χ1) is 13.1. The standard InChI is InChI=1S/C20H23N5O2/c1-15(16-7-9-18(10-8-16)25-14-21-13-22-25)24(2)12-20(26)23-17-5-4-6-19(11-17)27-3/h4-11,13-15H,12H2,1-3H3,(H,23,26). The maximum Gasteiger partial charge on any atom is 0.238 e. The average Bonchev–Trinajstić information content (AvgIpc) is 3.22. The van der Waals surface area contributed by atoms with Gasteiger partial charge in [0.25, 0.3) is 0 Å². The normalized spacial score (nSPS) is 12.0. The summed E-state index contributed by atoms with van der Waals surface area (Å²) in [6.45, 7) is 2.35. The molecule has 27 heavy (non-hydrogen) atoms. The van der Waals surface area contributed by atoms with Gasteiger partial charge in [-0.2, -0.15) is 5.10 Å².